The van der Waals surface area contributed by atoms with Gasteiger partial charge in [-0.3, -0.25) is 4.79 Å². The lowest BCUT2D eigenvalue weighted by Crippen LogP contribution is -2.45. The molecule has 0 spiro atoms. The van der Waals surface area contributed by atoms with Gasteiger partial charge in [0, 0.05) is 36.4 Å². The third-order valence-electron chi connectivity index (χ3n) is 6.79. The van der Waals surface area contributed by atoms with Crippen molar-refractivity contribution in [3.05, 3.63) is 64.7 Å². The van der Waals surface area contributed by atoms with Gasteiger partial charge in [-0.05, 0) is 79.3 Å². The molecule has 5 heteroatoms. The zero-order valence-corrected chi connectivity index (χ0v) is 22.1. The number of halogens is 1. The smallest absolute Gasteiger partial charge is 0.239 e. The van der Waals surface area contributed by atoms with E-state index in [9.17, 15) is 4.79 Å². The number of benzene rings is 2. The molecule has 1 heterocycles. The zero-order valence-electron chi connectivity index (χ0n) is 21.3. The van der Waals surface area contributed by atoms with Crippen molar-refractivity contribution in [1.82, 2.24) is 4.90 Å². The molecule has 4 nitrogen and oxygen atoms in total. The molecule has 1 aliphatic heterocycles. The maximum absolute atomic E-state index is 12.9. The van der Waals surface area contributed by atoms with Gasteiger partial charge in [0.25, 0.3) is 0 Å². The van der Waals surface area contributed by atoms with E-state index in [2.05, 4.69) is 69.0 Å². The van der Waals surface area contributed by atoms with E-state index in [1.807, 2.05) is 17.0 Å². The molecule has 1 aliphatic rings. The van der Waals surface area contributed by atoms with E-state index in [0.29, 0.717) is 17.9 Å². The van der Waals surface area contributed by atoms with E-state index in [0.717, 1.165) is 56.8 Å². The first-order valence-corrected chi connectivity index (χ1v) is 13.2. The fraction of sp³-hybridized carbons (Fsp3) is 0.552. The predicted molar refractivity (Wildman–Crippen MR) is 145 cm³/mol. The molecule has 2 N–H and O–H groups in total. The van der Waals surface area contributed by atoms with Gasteiger partial charge in [0.15, 0.2) is 0 Å². The average molecular weight is 484 g/mol. The molecule has 186 valence electrons. The molecule has 2 atom stereocenters. The van der Waals surface area contributed by atoms with Gasteiger partial charge in [0.05, 0.1) is 6.04 Å². The lowest BCUT2D eigenvalue weighted by atomic mass is 10.0. The Morgan fingerprint density at radius 3 is 2.15 bits per heavy atom. The highest BCUT2D eigenvalue weighted by Crippen LogP contribution is 2.26. The first-order valence-electron chi connectivity index (χ1n) is 12.9. The first kappa shape index (κ1) is 26.6. The summed E-state index contributed by atoms with van der Waals surface area (Å²) in [5, 5.41) is 0.781. The molecule has 3 rings (SSSR count). The summed E-state index contributed by atoms with van der Waals surface area (Å²) in [6, 6.07) is 17.1. The van der Waals surface area contributed by atoms with Crippen molar-refractivity contribution < 1.29 is 4.79 Å². The molecule has 2 aromatic rings. The second kappa shape index (κ2) is 12.6. The van der Waals surface area contributed by atoms with Crippen LogP contribution in [0.1, 0.15) is 58.1 Å². The second-order valence-corrected chi connectivity index (χ2v) is 11.1. The quantitative estimate of drug-likeness (QED) is 0.429. The van der Waals surface area contributed by atoms with Crippen LogP contribution in [-0.4, -0.2) is 42.5 Å². The summed E-state index contributed by atoms with van der Waals surface area (Å²) in [5.74, 6) is 1.18. The zero-order chi connectivity index (χ0) is 24.7. The predicted octanol–water partition coefficient (Wildman–Crippen LogP) is 5.95. The summed E-state index contributed by atoms with van der Waals surface area (Å²) in [4.78, 5) is 17.4. The van der Waals surface area contributed by atoms with Crippen LogP contribution in [0.5, 0.6) is 0 Å². The Bertz CT molecular complexity index is 895. The summed E-state index contributed by atoms with van der Waals surface area (Å²) < 4.78 is 0. The number of nitrogens with two attached hydrogens (primary N) is 1. The second-order valence-electron chi connectivity index (χ2n) is 10.6. The number of hydrogen-bond acceptors (Lipinski definition) is 3. The number of rotatable bonds is 11. The topological polar surface area (TPSA) is 49.6 Å². The number of likely N-dealkylation sites (tertiary alicyclic amines) is 1. The van der Waals surface area contributed by atoms with Gasteiger partial charge < -0.3 is 15.5 Å². The SMILES string of the molecule is CC(C)CCN(c1ccc(CCc2ccc(Cl)cc2)cc1)C1CCN(C(=O)[C@@H](N)CC(C)C)C1. The molecule has 1 unspecified atom stereocenters. The minimum absolute atomic E-state index is 0.109. The van der Waals surface area contributed by atoms with Gasteiger partial charge >= 0.3 is 0 Å². The molecule has 1 fully saturated rings. The van der Waals surface area contributed by atoms with Gasteiger partial charge in [-0.2, -0.15) is 0 Å². The molecule has 1 saturated heterocycles. The summed E-state index contributed by atoms with van der Waals surface area (Å²) >= 11 is 6.00. The number of amides is 1. The van der Waals surface area contributed by atoms with E-state index < -0.39 is 0 Å². The molecular formula is C29H42ClN3O. The molecule has 0 aromatic heterocycles. The summed E-state index contributed by atoms with van der Waals surface area (Å²) in [7, 11) is 0. The van der Waals surface area contributed by atoms with Crippen LogP contribution in [0.15, 0.2) is 48.5 Å². The Hall–Kier alpha value is -2.04. The standard InChI is InChI=1S/C29H42ClN3O/c1-21(2)15-18-33(27-16-17-32(20-27)29(34)28(31)19-22(3)4)26-13-9-24(10-14-26)6-5-23-7-11-25(30)12-8-23/h7-14,21-22,27-28H,5-6,15-20,31H2,1-4H3/t27?,28-/m0/s1. The maximum atomic E-state index is 12.9. The van der Waals surface area contributed by atoms with Gasteiger partial charge in [0.1, 0.15) is 0 Å². The number of aryl methyl sites for hydroxylation is 2. The molecule has 1 amide bonds. The lowest BCUT2D eigenvalue weighted by molar-refractivity contribution is -0.131. The van der Waals surface area contributed by atoms with Crippen LogP contribution in [0, 0.1) is 11.8 Å². The van der Waals surface area contributed by atoms with Crippen LogP contribution >= 0.6 is 11.6 Å². The van der Waals surface area contributed by atoms with Crippen LogP contribution in [0.3, 0.4) is 0 Å². The number of carbonyl (C=O) groups is 1. The largest absolute Gasteiger partial charge is 0.367 e. The fourth-order valence-corrected chi connectivity index (χ4v) is 4.88. The molecular weight excluding hydrogens is 442 g/mol. The normalized spacial score (nSPS) is 16.9. The van der Waals surface area contributed by atoms with Crippen molar-refractivity contribution >= 4 is 23.2 Å². The van der Waals surface area contributed by atoms with Crippen LogP contribution in [0.2, 0.25) is 5.02 Å². The number of carbonyl (C=O) groups excluding carboxylic acids is 1. The van der Waals surface area contributed by atoms with Crippen molar-refractivity contribution in [2.45, 2.75) is 71.9 Å². The first-order chi connectivity index (χ1) is 16.2. The third kappa shape index (κ3) is 7.74. The third-order valence-corrected chi connectivity index (χ3v) is 7.04. The van der Waals surface area contributed by atoms with Crippen molar-refractivity contribution in [1.29, 1.82) is 0 Å². The van der Waals surface area contributed by atoms with Crippen molar-refractivity contribution in [3.8, 4) is 0 Å². The highest BCUT2D eigenvalue weighted by Gasteiger charge is 2.32. The summed E-state index contributed by atoms with van der Waals surface area (Å²) in [5.41, 5.74) is 10.1. The molecule has 0 bridgehead atoms. The molecule has 2 aromatic carbocycles. The van der Waals surface area contributed by atoms with Crippen molar-refractivity contribution in [3.63, 3.8) is 0 Å². The van der Waals surface area contributed by atoms with E-state index in [4.69, 9.17) is 17.3 Å². The Kier molecular flexibility index (Phi) is 9.85. The van der Waals surface area contributed by atoms with Crippen molar-refractivity contribution in [2.75, 3.05) is 24.5 Å². The molecule has 34 heavy (non-hydrogen) atoms. The number of anilines is 1. The summed E-state index contributed by atoms with van der Waals surface area (Å²) in [6.07, 6.45) is 4.89. The van der Waals surface area contributed by atoms with Crippen LogP contribution < -0.4 is 10.6 Å². The van der Waals surface area contributed by atoms with Crippen molar-refractivity contribution in [2.24, 2.45) is 17.6 Å². The van der Waals surface area contributed by atoms with Gasteiger partial charge in [-0.25, -0.2) is 0 Å². The fourth-order valence-electron chi connectivity index (χ4n) is 4.75. The average Bonchev–Trinajstić information content (AvgIpc) is 3.28. The summed E-state index contributed by atoms with van der Waals surface area (Å²) in [6.45, 7) is 11.3. The lowest BCUT2D eigenvalue weighted by Gasteiger charge is -2.32. The Morgan fingerprint density at radius 2 is 1.59 bits per heavy atom. The Morgan fingerprint density at radius 1 is 1.00 bits per heavy atom. The monoisotopic (exact) mass is 483 g/mol. The molecule has 0 radical (unpaired) electrons. The van der Waals surface area contributed by atoms with E-state index in [-0.39, 0.29) is 11.9 Å². The minimum atomic E-state index is -0.386. The number of nitrogens with zero attached hydrogens (tertiary/aromatic N) is 2. The van der Waals surface area contributed by atoms with Crippen LogP contribution in [0.4, 0.5) is 5.69 Å². The van der Waals surface area contributed by atoms with Gasteiger partial charge in [-0.15, -0.1) is 0 Å². The minimum Gasteiger partial charge on any atom is -0.367 e. The van der Waals surface area contributed by atoms with Gasteiger partial charge in [0.2, 0.25) is 5.91 Å². The highest BCUT2D eigenvalue weighted by molar-refractivity contribution is 6.30. The van der Waals surface area contributed by atoms with Crippen LogP contribution in [-0.2, 0) is 17.6 Å². The van der Waals surface area contributed by atoms with Gasteiger partial charge in [-0.1, -0.05) is 63.6 Å². The molecule has 0 aliphatic carbocycles. The maximum Gasteiger partial charge on any atom is 0.239 e. The number of hydrogen-bond donors (Lipinski definition) is 1. The molecule has 0 saturated carbocycles. The van der Waals surface area contributed by atoms with E-state index in [1.54, 1.807) is 0 Å². The van der Waals surface area contributed by atoms with E-state index >= 15 is 0 Å². The van der Waals surface area contributed by atoms with E-state index in [1.165, 1.54) is 16.8 Å². The Balaban J connectivity index is 1.64. The Labute approximate surface area is 211 Å². The van der Waals surface area contributed by atoms with Crippen LogP contribution in [0.25, 0.3) is 0 Å². The highest BCUT2D eigenvalue weighted by atomic mass is 35.5.